The Morgan fingerprint density at radius 1 is 1.39 bits per heavy atom. The first-order valence-electron chi connectivity index (χ1n) is 6.61. The van der Waals surface area contributed by atoms with Gasteiger partial charge in [-0.25, -0.2) is 0 Å². The molecule has 1 aromatic heterocycles. The van der Waals surface area contributed by atoms with Crippen molar-refractivity contribution in [3.05, 3.63) is 24.0 Å². The van der Waals surface area contributed by atoms with Crippen LogP contribution in [-0.4, -0.2) is 30.1 Å². The number of aromatic nitrogens is 1. The third kappa shape index (κ3) is 5.27. The van der Waals surface area contributed by atoms with Gasteiger partial charge in [0, 0.05) is 12.2 Å². The molecule has 102 valence electrons. The van der Waals surface area contributed by atoms with Crippen LogP contribution in [-0.2, 0) is 0 Å². The van der Waals surface area contributed by atoms with Crippen LogP contribution >= 0.6 is 11.8 Å². The zero-order chi connectivity index (χ0) is 13.2. The van der Waals surface area contributed by atoms with Crippen LogP contribution in [0.2, 0.25) is 0 Å². The van der Waals surface area contributed by atoms with E-state index in [2.05, 4.69) is 29.5 Å². The predicted molar refractivity (Wildman–Crippen MR) is 79.4 cm³/mol. The Kier molecular flexibility index (Phi) is 7.85. The van der Waals surface area contributed by atoms with Crippen LogP contribution in [0.25, 0.3) is 0 Å². The van der Waals surface area contributed by atoms with Crippen molar-refractivity contribution < 1.29 is 4.74 Å². The van der Waals surface area contributed by atoms with E-state index < -0.39 is 0 Å². The third-order valence-electron chi connectivity index (χ3n) is 2.70. The first-order chi connectivity index (χ1) is 8.81. The summed E-state index contributed by atoms with van der Waals surface area (Å²) in [6.07, 6.45) is 8.13. The minimum Gasteiger partial charge on any atom is -0.492 e. The van der Waals surface area contributed by atoms with Gasteiger partial charge in [0.05, 0.1) is 12.8 Å². The summed E-state index contributed by atoms with van der Waals surface area (Å²) in [7, 11) is 0. The summed E-state index contributed by atoms with van der Waals surface area (Å²) in [5.74, 6) is 2.02. The smallest absolute Gasteiger partial charge is 0.137 e. The SMILES string of the molecule is CCCNC(CCSC)c1cncc(OCC)c1. The molecule has 1 N–H and O–H groups in total. The molecule has 4 heteroatoms. The highest BCUT2D eigenvalue weighted by molar-refractivity contribution is 7.98. The Morgan fingerprint density at radius 3 is 2.89 bits per heavy atom. The maximum atomic E-state index is 5.51. The quantitative estimate of drug-likeness (QED) is 0.745. The van der Waals surface area contributed by atoms with Crippen LogP contribution in [0.5, 0.6) is 5.75 Å². The summed E-state index contributed by atoms with van der Waals surface area (Å²) >= 11 is 1.88. The van der Waals surface area contributed by atoms with Gasteiger partial charge in [0.2, 0.25) is 0 Å². The van der Waals surface area contributed by atoms with Gasteiger partial charge in [-0.1, -0.05) is 6.92 Å². The Morgan fingerprint density at radius 2 is 2.22 bits per heavy atom. The third-order valence-corrected chi connectivity index (χ3v) is 3.34. The minimum absolute atomic E-state index is 0.380. The van der Waals surface area contributed by atoms with Crippen molar-refractivity contribution in [1.82, 2.24) is 10.3 Å². The lowest BCUT2D eigenvalue weighted by molar-refractivity contribution is 0.337. The van der Waals surface area contributed by atoms with Crippen molar-refractivity contribution in [3.8, 4) is 5.75 Å². The van der Waals surface area contributed by atoms with E-state index in [1.165, 1.54) is 5.56 Å². The number of ether oxygens (including phenoxy) is 1. The molecule has 0 saturated carbocycles. The number of pyridine rings is 1. The second kappa shape index (κ2) is 9.22. The molecule has 0 aliphatic carbocycles. The molecule has 1 aromatic rings. The van der Waals surface area contributed by atoms with E-state index in [0.29, 0.717) is 12.6 Å². The normalized spacial score (nSPS) is 12.4. The lowest BCUT2D eigenvalue weighted by Crippen LogP contribution is -2.23. The fourth-order valence-corrected chi connectivity index (χ4v) is 2.28. The van der Waals surface area contributed by atoms with E-state index in [-0.39, 0.29) is 0 Å². The van der Waals surface area contributed by atoms with Gasteiger partial charge in [-0.2, -0.15) is 11.8 Å². The molecule has 0 aromatic carbocycles. The van der Waals surface area contributed by atoms with Gasteiger partial charge in [-0.15, -0.1) is 0 Å². The molecule has 1 atom stereocenters. The van der Waals surface area contributed by atoms with Crippen LogP contribution in [0, 0.1) is 0 Å². The highest BCUT2D eigenvalue weighted by Crippen LogP contribution is 2.21. The summed E-state index contributed by atoms with van der Waals surface area (Å²) in [6, 6.07) is 2.48. The molecule has 0 aliphatic heterocycles. The standard InChI is InChI=1S/C14H24N2OS/c1-4-7-16-14(6-8-18-3)12-9-13(17-5-2)11-15-10-12/h9-11,14,16H,4-8H2,1-3H3. The molecule has 1 unspecified atom stereocenters. The van der Waals surface area contributed by atoms with Crippen LogP contribution < -0.4 is 10.1 Å². The fraction of sp³-hybridized carbons (Fsp3) is 0.643. The van der Waals surface area contributed by atoms with Crippen molar-refractivity contribution in [2.75, 3.05) is 25.2 Å². The minimum atomic E-state index is 0.380. The Balaban J connectivity index is 2.72. The zero-order valence-electron chi connectivity index (χ0n) is 11.6. The molecular formula is C14H24N2OS. The van der Waals surface area contributed by atoms with E-state index in [1.807, 2.05) is 24.9 Å². The molecular weight excluding hydrogens is 244 g/mol. The van der Waals surface area contributed by atoms with Gasteiger partial charge in [-0.3, -0.25) is 4.98 Å². The highest BCUT2D eigenvalue weighted by Gasteiger charge is 2.11. The molecule has 0 aliphatic rings. The van der Waals surface area contributed by atoms with Crippen molar-refractivity contribution >= 4 is 11.8 Å². The summed E-state index contributed by atoms with van der Waals surface area (Å²) < 4.78 is 5.51. The van der Waals surface area contributed by atoms with Gasteiger partial charge in [-0.05, 0) is 49.9 Å². The second-order valence-corrected chi connectivity index (χ2v) is 5.16. The summed E-state index contributed by atoms with van der Waals surface area (Å²) in [5, 5.41) is 3.58. The molecule has 1 heterocycles. The van der Waals surface area contributed by atoms with Gasteiger partial charge in [0.1, 0.15) is 5.75 Å². The molecule has 0 fully saturated rings. The fourth-order valence-electron chi connectivity index (χ4n) is 1.81. The van der Waals surface area contributed by atoms with E-state index in [4.69, 9.17) is 4.74 Å². The van der Waals surface area contributed by atoms with Crippen molar-refractivity contribution in [2.24, 2.45) is 0 Å². The molecule has 0 spiro atoms. The van der Waals surface area contributed by atoms with Gasteiger partial charge < -0.3 is 10.1 Å². The van der Waals surface area contributed by atoms with Crippen LogP contribution in [0.15, 0.2) is 18.5 Å². The van der Waals surface area contributed by atoms with Crippen LogP contribution in [0.3, 0.4) is 0 Å². The largest absolute Gasteiger partial charge is 0.492 e. The second-order valence-electron chi connectivity index (χ2n) is 4.18. The number of nitrogens with zero attached hydrogens (tertiary/aromatic N) is 1. The number of hydrogen-bond donors (Lipinski definition) is 1. The highest BCUT2D eigenvalue weighted by atomic mass is 32.2. The van der Waals surface area contributed by atoms with Crippen LogP contribution in [0.4, 0.5) is 0 Å². The van der Waals surface area contributed by atoms with Gasteiger partial charge in [0.15, 0.2) is 0 Å². The van der Waals surface area contributed by atoms with Crippen molar-refractivity contribution in [2.45, 2.75) is 32.7 Å². The molecule has 0 radical (unpaired) electrons. The number of nitrogens with one attached hydrogen (secondary N) is 1. The van der Waals surface area contributed by atoms with Crippen molar-refractivity contribution in [3.63, 3.8) is 0 Å². The van der Waals surface area contributed by atoms with Crippen molar-refractivity contribution in [1.29, 1.82) is 0 Å². The number of hydrogen-bond acceptors (Lipinski definition) is 4. The topological polar surface area (TPSA) is 34.2 Å². The summed E-state index contributed by atoms with van der Waals surface area (Å²) in [4.78, 5) is 4.27. The van der Waals surface area contributed by atoms with E-state index in [1.54, 1.807) is 6.20 Å². The van der Waals surface area contributed by atoms with E-state index >= 15 is 0 Å². The average molecular weight is 268 g/mol. The van der Waals surface area contributed by atoms with Gasteiger partial charge in [0.25, 0.3) is 0 Å². The number of rotatable bonds is 9. The Bertz CT molecular complexity index is 325. The molecule has 3 nitrogen and oxygen atoms in total. The molecule has 1 rings (SSSR count). The van der Waals surface area contributed by atoms with Crippen LogP contribution in [0.1, 0.15) is 38.3 Å². The predicted octanol–water partition coefficient (Wildman–Crippen LogP) is 3.27. The Labute approximate surface area is 115 Å². The lowest BCUT2D eigenvalue weighted by atomic mass is 10.1. The van der Waals surface area contributed by atoms with E-state index in [0.717, 1.165) is 30.9 Å². The summed E-state index contributed by atoms with van der Waals surface area (Å²) in [5.41, 5.74) is 1.23. The molecule has 0 saturated heterocycles. The monoisotopic (exact) mass is 268 g/mol. The summed E-state index contributed by atoms with van der Waals surface area (Å²) in [6.45, 7) is 5.90. The first-order valence-corrected chi connectivity index (χ1v) is 8.01. The zero-order valence-corrected chi connectivity index (χ0v) is 12.4. The number of thioether (sulfide) groups is 1. The molecule has 0 amide bonds. The molecule has 0 bridgehead atoms. The van der Waals surface area contributed by atoms with Gasteiger partial charge >= 0.3 is 0 Å². The first kappa shape index (κ1) is 15.3. The maximum Gasteiger partial charge on any atom is 0.137 e. The lowest BCUT2D eigenvalue weighted by Gasteiger charge is -2.18. The van der Waals surface area contributed by atoms with E-state index in [9.17, 15) is 0 Å². The molecule has 18 heavy (non-hydrogen) atoms. The Hall–Kier alpha value is -0.740. The maximum absolute atomic E-state index is 5.51. The average Bonchev–Trinajstić information content (AvgIpc) is 2.40.